The topological polar surface area (TPSA) is 48.6 Å². The lowest BCUT2D eigenvalue weighted by Crippen LogP contribution is -2.05. The first-order chi connectivity index (χ1) is 11.5. The van der Waals surface area contributed by atoms with Gasteiger partial charge in [-0.05, 0) is 34.1 Å². The van der Waals surface area contributed by atoms with Gasteiger partial charge in [-0.15, -0.1) is 0 Å². The van der Waals surface area contributed by atoms with E-state index in [1.54, 1.807) is 0 Å². The third-order valence-electron chi connectivity index (χ3n) is 3.09. The molecule has 0 spiro atoms. The standard InChI is InChI=1S/C21H27N3/c1-5-6-7-8-10-13-18(4)16-20(22)24-21(23-17(2)3)19-14-11-9-12-15-19/h5-9,11-15,22H,10,16H2,1-4H3/b6-5-,8-7?,18-13+,22-20?,24-21?. The average molecular weight is 321 g/mol. The Labute approximate surface area is 145 Å². The van der Waals surface area contributed by atoms with Crippen LogP contribution in [0.4, 0.5) is 0 Å². The molecule has 1 N–H and O–H groups in total. The van der Waals surface area contributed by atoms with E-state index >= 15 is 0 Å². The van der Waals surface area contributed by atoms with Crippen LogP contribution in [0.2, 0.25) is 0 Å². The van der Waals surface area contributed by atoms with Crippen molar-refractivity contribution in [1.82, 2.24) is 0 Å². The molecule has 0 fully saturated rings. The summed E-state index contributed by atoms with van der Waals surface area (Å²) in [4.78, 5) is 8.90. The molecule has 1 aromatic rings. The Morgan fingerprint density at radius 3 is 2.38 bits per heavy atom. The normalized spacial score (nSPS) is 12.8. The van der Waals surface area contributed by atoms with Crippen LogP contribution in [0.25, 0.3) is 0 Å². The van der Waals surface area contributed by atoms with Crippen LogP contribution in [0.15, 0.2) is 76.3 Å². The second-order valence-electron chi connectivity index (χ2n) is 5.72. The summed E-state index contributed by atoms with van der Waals surface area (Å²) < 4.78 is 0. The lowest BCUT2D eigenvalue weighted by Gasteiger charge is -2.04. The Balaban J connectivity index is 2.81. The molecule has 0 aromatic heterocycles. The quantitative estimate of drug-likeness (QED) is 0.300. The van der Waals surface area contributed by atoms with E-state index in [0.717, 1.165) is 23.3 Å². The van der Waals surface area contributed by atoms with Crippen molar-refractivity contribution in [3.05, 3.63) is 71.8 Å². The maximum Gasteiger partial charge on any atom is 0.161 e. The number of aliphatic imine (C=N–C) groups is 2. The predicted octanol–water partition coefficient (Wildman–Crippen LogP) is 5.75. The summed E-state index contributed by atoms with van der Waals surface area (Å²) in [7, 11) is 0. The van der Waals surface area contributed by atoms with Crippen LogP contribution in [-0.2, 0) is 0 Å². The largest absolute Gasteiger partial charge is 0.286 e. The first-order valence-corrected chi connectivity index (χ1v) is 8.19. The van der Waals surface area contributed by atoms with Gasteiger partial charge in [0.15, 0.2) is 5.84 Å². The molecular weight excluding hydrogens is 294 g/mol. The van der Waals surface area contributed by atoms with E-state index in [1.165, 1.54) is 0 Å². The monoisotopic (exact) mass is 321 g/mol. The molecule has 24 heavy (non-hydrogen) atoms. The van der Waals surface area contributed by atoms with Crippen LogP contribution < -0.4 is 0 Å². The second-order valence-corrected chi connectivity index (χ2v) is 5.72. The summed E-state index contributed by atoms with van der Waals surface area (Å²) >= 11 is 0. The van der Waals surface area contributed by atoms with Gasteiger partial charge in [-0.1, -0.05) is 66.3 Å². The summed E-state index contributed by atoms with van der Waals surface area (Å²) in [5, 5.41) is 8.16. The zero-order valence-electron chi connectivity index (χ0n) is 15.1. The Kier molecular flexibility index (Phi) is 8.98. The van der Waals surface area contributed by atoms with E-state index in [4.69, 9.17) is 5.41 Å². The molecule has 3 nitrogen and oxygen atoms in total. The smallest absolute Gasteiger partial charge is 0.161 e. The molecular formula is C21H27N3. The number of hydrogen-bond donors (Lipinski definition) is 1. The highest BCUT2D eigenvalue weighted by Gasteiger charge is 2.04. The van der Waals surface area contributed by atoms with Gasteiger partial charge < -0.3 is 0 Å². The van der Waals surface area contributed by atoms with Crippen LogP contribution >= 0.6 is 0 Å². The van der Waals surface area contributed by atoms with Crippen molar-refractivity contribution in [3.8, 4) is 0 Å². The number of amidine groups is 2. The summed E-state index contributed by atoms with van der Waals surface area (Å²) in [5.74, 6) is 0.923. The van der Waals surface area contributed by atoms with Crippen molar-refractivity contribution < 1.29 is 0 Å². The van der Waals surface area contributed by atoms with Gasteiger partial charge in [0.25, 0.3) is 0 Å². The summed E-state index contributed by atoms with van der Waals surface area (Å²) in [6.07, 6.45) is 11.7. The number of nitrogens with one attached hydrogen (secondary N) is 1. The molecule has 126 valence electrons. The predicted molar refractivity (Wildman–Crippen MR) is 106 cm³/mol. The summed E-state index contributed by atoms with van der Waals surface area (Å²) in [6, 6.07) is 9.80. The number of allylic oxidation sites excluding steroid dienone is 5. The fraction of sp³-hybridized carbons (Fsp3) is 0.286. The van der Waals surface area contributed by atoms with Crippen LogP contribution in [-0.4, -0.2) is 17.4 Å². The highest BCUT2D eigenvalue weighted by molar-refractivity contribution is 6.10. The Bertz CT molecular complexity index is 670. The molecule has 1 aromatic carbocycles. The van der Waals surface area contributed by atoms with E-state index in [0.29, 0.717) is 18.1 Å². The van der Waals surface area contributed by atoms with Crippen molar-refractivity contribution in [2.24, 2.45) is 9.98 Å². The molecule has 0 aliphatic rings. The third-order valence-corrected chi connectivity index (χ3v) is 3.09. The second kappa shape index (κ2) is 11.1. The van der Waals surface area contributed by atoms with Crippen LogP contribution in [0.1, 0.15) is 46.1 Å². The molecule has 0 unspecified atom stereocenters. The minimum atomic E-state index is 0.324. The molecule has 3 heteroatoms. The number of rotatable bonds is 6. The van der Waals surface area contributed by atoms with E-state index in [2.05, 4.69) is 22.1 Å². The zero-order valence-corrected chi connectivity index (χ0v) is 15.1. The molecule has 0 bridgehead atoms. The van der Waals surface area contributed by atoms with Gasteiger partial charge in [-0.25, -0.2) is 9.98 Å². The van der Waals surface area contributed by atoms with Gasteiger partial charge >= 0.3 is 0 Å². The Hall–Kier alpha value is -2.55. The van der Waals surface area contributed by atoms with Crippen molar-refractivity contribution >= 4 is 17.4 Å². The van der Waals surface area contributed by atoms with Gasteiger partial charge in [0, 0.05) is 17.7 Å². The first kappa shape index (κ1) is 19.5. The van der Waals surface area contributed by atoms with E-state index in [1.807, 2.05) is 76.3 Å². The summed E-state index contributed by atoms with van der Waals surface area (Å²) in [5.41, 5.74) is 2.99. The Morgan fingerprint density at radius 2 is 1.75 bits per heavy atom. The number of nitrogens with zero attached hydrogens (tertiary/aromatic N) is 2. The number of hydrogen-bond acceptors (Lipinski definition) is 1. The lowest BCUT2D eigenvalue weighted by molar-refractivity contribution is 1.17. The van der Waals surface area contributed by atoms with Crippen LogP contribution in [0.5, 0.6) is 0 Å². The molecule has 0 saturated heterocycles. The van der Waals surface area contributed by atoms with Crippen LogP contribution in [0.3, 0.4) is 0 Å². The maximum absolute atomic E-state index is 8.16. The van der Waals surface area contributed by atoms with Crippen LogP contribution in [0, 0.1) is 5.41 Å². The van der Waals surface area contributed by atoms with Crippen molar-refractivity contribution in [2.45, 2.75) is 40.5 Å². The average Bonchev–Trinajstić information content (AvgIpc) is 2.54. The minimum Gasteiger partial charge on any atom is -0.286 e. The van der Waals surface area contributed by atoms with Gasteiger partial charge in [0.05, 0.1) is 0 Å². The number of benzene rings is 1. The molecule has 0 heterocycles. The maximum atomic E-state index is 8.16. The molecule has 0 aliphatic heterocycles. The highest BCUT2D eigenvalue weighted by Crippen LogP contribution is 2.08. The molecule has 0 saturated carbocycles. The van der Waals surface area contributed by atoms with Gasteiger partial charge in [-0.3, -0.25) is 5.41 Å². The van der Waals surface area contributed by atoms with Crippen molar-refractivity contribution in [2.75, 3.05) is 0 Å². The van der Waals surface area contributed by atoms with Crippen molar-refractivity contribution in [1.29, 1.82) is 5.41 Å². The first-order valence-electron chi connectivity index (χ1n) is 8.19. The van der Waals surface area contributed by atoms with Gasteiger partial charge in [0.2, 0.25) is 0 Å². The molecule has 1 rings (SSSR count). The van der Waals surface area contributed by atoms with Gasteiger partial charge in [-0.2, -0.15) is 0 Å². The zero-order chi connectivity index (χ0) is 17.8. The lowest BCUT2D eigenvalue weighted by atomic mass is 10.1. The third kappa shape index (κ3) is 8.18. The molecule has 0 atom stereocenters. The van der Waals surface area contributed by atoms with E-state index in [-0.39, 0.29) is 0 Å². The SMILES string of the molecule is C/C=C\C=CC/C=C(\C)CC(=N)N=C(N=C(C)C)c1ccccc1. The van der Waals surface area contributed by atoms with E-state index < -0.39 is 0 Å². The molecule has 0 radical (unpaired) electrons. The summed E-state index contributed by atoms with van der Waals surface area (Å²) in [6.45, 7) is 7.90. The Morgan fingerprint density at radius 1 is 1.04 bits per heavy atom. The minimum absolute atomic E-state index is 0.324. The van der Waals surface area contributed by atoms with Gasteiger partial charge in [0.1, 0.15) is 5.84 Å². The molecule has 0 amide bonds. The van der Waals surface area contributed by atoms with Crippen molar-refractivity contribution in [3.63, 3.8) is 0 Å². The highest BCUT2D eigenvalue weighted by atomic mass is 15.0. The molecule has 0 aliphatic carbocycles. The fourth-order valence-electron chi connectivity index (χ4n) is 1.99. The van der Waals surface area contributed by atoms with E-state index in [9.17, 15) is 0 Å². The fourth-order valence-corrected chi connectivity index (χ4v) is 1.99.